The van der Waals surface area contributed by atoms with Gasteiger partial charge < -0.3 is 23.7 Å². The molecule has 0 aliphatic carbocycles. The summed E-state index contributed by atoms with van der Waals surface area (Å²) in [5, 5.41) is 0. The van der Waals surface area contributed by atoms with E-state index in [2.05, 4.69) is 4.99 Å². The Bertz CT molecular complexity index is 1070. The average molecular weight is 434 g/mol. The van der Waals surface area contributed by atoms with Gasteiger partial charge in [-0.15, -0.1) is 0 Å². The Labute approximate surface area is 188 Å². The minimum atomic E-state index is 0.388. The third kappa shape index (κ3) is 6.28. The second-order valence-corrected chi connectivity index (χ2v) is 6.69. The van der Waals surface area contributed by atoms with E-state index in [9.17, 15) is 0 Å². The first kappa shape index (κ1) is 22.7. The second-order valence-electron chi connectivity index (χ2n) is 6.69. The molecule has 0 atom stereocenters. The van der Waals surface area contributed by atoms with Crippen molar-refractivity contribution in [3.8, 4) is 28.7 Å². The van der Waals surface area contributed by atoms with Gasteiger partial charge in [-0.3, -0.25) is 0 Å². The van der Waals surface area contributed by atoms with E-state index < -0.39 is 0 Å². The highest BCUT2D eigenvalue weighted by atomic mass is 16.5. The Kier molecular flexibility index (Phi) is 8.15. The van der Waals surface area contributed by atoms with Gasteiger partial charge >= 0.3 is 0 Å². The van der Waals surface area contributed by atoms with E-state index in [1.165, 1.54) is 0 Å². The fourth-order valence-electron chi connectivity index (χ4n) is 2.79. The first-order chi connectivity index (χ1) is 15.6. The lowest BCUT2D eigenvalue weighted by Gasteiger charge is -2.12. The molecule has 0 fully saturated rings. The number of aliphatic imine (C=N–C) groups is 1. The molecule has 0 aliphatic heterocycles. The fourth-order valence-corrected chi connectivity index (χ4v) is 2.79. The summed E-state index contributed by atoms with van der Waals surface area (Å²) in [5.41, 5.74) is 1.40. The van der Waals surface area contributed by atoms with Crippen LogP contribution in [0.25, 0.3) is 0 Å². The van der Waals surface area contributed by atoms with Gasteiger partial charge in [0.25, 0.3) is 0 Å². The molecule has 0 aromatic heterocycles. The standard InChI is InChI=1S/C26H27NO5/c1-5-30-22-9-8-10-23(17-22)32-26(27-20-13-15-21(28-3)16-14-20)19(2)18-31-25-12-7-6-11-24(25)29-4/h6-18H,5H2,1-4H3/b19-18+,27-26?. The number of rotatable bonds is 9. The molecule has 0 heterocycles. The van der Waals surface area contributed by atoms with Crippen LogP contribution in [0.5, 0.6) is 28.7 Å². The molecule has 0 bridgehead atoms. The molecule has 6 heteroatoms. The maximum atomic E-state index is 6.13. The lowest BCUT2D eigenvalue weighted by atomic mass is 10.3. The molecule has 0 radical (unpaired) electrons. The molecule has 0 N–H and O–H groups in total. The van der Waals surface area contributed by atoms with Crippen LogP contribution in [0.15, 0.2) is 89.6 Å². The van der Waals surface area contributed by atoms with Crippen molar-refractivity contribution in [3.05, 3.63) is 84.6 Å². The molecule has 0 spiro atoms. The normalized spacial score (nSPS) is 11.6. The van der Waals surface area contributed by atoms with Gasteiger partial charge in [-0.1, -0.05) is 18.2 Å². The van der Waals surface area contributed by atoms with Crippen molar-refractivity contribution in [2.45, 2.75) is 13.8 Å². The third-order valence-electron chi connectivity index (χ3n) is 4.40. The molecule has 32 heavy (non-hydrogen) atoms. The largest absolute Gasteiger partial charge is 0.497 e. The summed E-state index contributed by atoms with van der Waals surface area (Å²) in [6.07, 6.45) is 1.59. The first-order valence-electron chi connectivity index (χ1n) is 10.2. The van der Waals surface area contributed by atoms with E-state index in [0.29, 0.717) is 41.0 Å². The van der Waals surface area contributed by atoms with Crippen LogP contribution in [0.4, 0.5) is 5.69 Å². The topological polar surface area (TPSA) is 58.5 Å². The van der Waals surface area contributed by atoms with Gasteiger partial charge in [-0.05, 0) is 62.4 Å². The number of methoxy groups -OCH3 is 2. The minimum Gasteiger partial charge on any atom is -0.497 e. The molecule has 6 nitrogen and oxygen atoms in total. The summed E-state index contributed by atoms with van der Waals surface area (Å²) in [6, 6.07) is 22.2. The number of nitrogens with zero attached hydrogens (tertiary/aromatic N) is 1. The smallest absolute Gasteiger partial charge is 0.225 e. The lowest BCUT2D eigenvalue weighted by molar-refractivity contribution is 0.339. The Balaban J connectivity index is 1.91. The van der Waals surface area contributed by atoms with E-state index in [1.54, 1.807) is 20.5 Å². The summed E-state index contributed by atoms with van der Waals surface area (Å²) >= 11 is 0. The summed E-state index contributed by atoms with van der Waals surface area (Å²) < 4.78 is 28.1. The van der Waals surface area contributed by atoms with Gasteiger partial charge in [0.1, 0.15) is 17.2 Å². The van der Waals surface area contributed by atoms with Crippen LogP contribution < -0.4 is 23.7 Å². The molecule has 0 saturated carbocycles. The molecule has 3 rings (SSSR count). The zero-order valence-corrected chi connectivity index (χ0v) is 18.7. The van der Waals surface area contributed by atoms with Crippen LogP contribution in [0.2, 0.25) is 0 Å². The van der Waals surface area contributed by atoms with Crippen molar-refractivity contribution in [2.75, 3.05) is 20.8 Å². The van der Waals surface area contributed by atoms with Crippen molar-refractivity contribution in [1.29, 1.82) is 0 Å². The number of hydrogen-bond donors (Lipinski definition) is 0. The van der Waals surface area contributed by atoms with Crippen LogP contribution in [-0.4, -0.2) is 26.7 Å². The highest BCUT2D eigenvalue weighted by Gasteiger charge is 2.10. The van der Waals surface area contributed by atoms with Crippen molar-refractivity contribution < 1.29 is 23.7 Å². The predicted molar refractivity (Wildman–Crippen MR) is 126 cm³/mol. The van der Waals surface area contributed by atoms with Crippen molar-refractivity contribution in [2.24, 2.45) is 4.99 Å². The molecular weight excluding hydrogens is 406 g/mol. The van der Waals surface area contributed by atoms with Crippen LogP contribution in [0.1, 0.15) is 13.8 Å². The number of ether oxygens (including phenoxy) is 5. The minimum absolute atomic E-state index is 0.388. The maximum absolute atomic E-state index is 6.13. The molecule has 166 valence electrons. The van der Waals surface area contributed by atoms with Gasteiger partial charge in [-0.25, -0.2) is 4.99 Å². The molecule has 0 aliphatic rings. The molecule has 3 aromatic carbocycles. The van der Waals surface area contributed by atoms with Crippen LogP contribution in [0.3, 0.4) is 0 Å². The van der Waals surface area contributed by atoms with Gasteiger partial charge in [0, 0.05) is 11.6 Å². The SMILES string of the molecule is CCOc1cccc(OC(=Nc2ccc(OC)cc2)/C(C)=C/Oc2ccccc2OC)c1. The molecule has 3 aromatic rings. The van der Waals surface area contributed by atoms with Gasteiger partial charge in [0.05, 0.1) is 32.8 Å². The van der Waals surface area contributed by atoms with Gasteiger partial charge in [-0.2, -0.15) is 0 Å². The summed E-state index contributed by atoms with van der Waals surface area (Å²) in [6.45, 7) is 4.37. The lowest BCUT2D eigenvalue weighted by Crippen LogP contribution is -2.11. The highest BCUT2D eigenvalue weighted by Crippen LogP contribution is 2.27. The Morgan fingerprint density at radius 2 is 1.53 bits per heavy atom. The Hall–Kier alpha value is -3.93. The maximum Gasteiger partial charge on any atom is 0.225 e. The van der Waals surface area contributed by atoms with Crippen molar-refractivity contribution in [1.82, 2.24) is 0 Å². The summed E-state index contributed by atoms with van der Waals surface area (Å²) in [4.78, 5) is 4.68. The molecule has 0 amide bonds. The van der Waals surface area contributed by atoms with Crippen LogP contribution in [0, 0.1) is 0 Å². The Morgan fingerprint density at radius 3 is 2.22 bits per heavy atom. The third-order valence-corrected chi connectivity index (χ3v) is 4.40. The summed E-state index contributed by atoms with van der Waals surface area (Å²) in [5.74, 6) is 3.70. The zero-order valence-electron chi connectivity index (χ0n) is 18.7. The van der Waals surface area contributed by atoms with E-state index >= 15 is 0 Å². The van der Waals surface area contributed by atoms with E-state index in [0.717, 1.165) is 11.5 Å². The van der Waals surface area contributed by atoms with E-state index in [-0.39, 0.29) is 0 Å². The van der Waals surface area contributed by atoms with E-state index in [4.69, 9.17) is 23.7 Å². The molecular formula is C26H27NO5. The predicted octanol–water partition coefficient (Wildman–Crippen LogP) is 6.19. The van der Waals surface area contributed by atoms with Crippen LogP contribution in [-0.2, 0) is 0 Å². The summed E-state index contributed by atoms with van der Waals surface area (Å²) in [7, 11) is 3.23. The first-order valence-corrected chi connectivity index (χ1v) is 10.2. The van der Waals surface area contributed by atoms with Crippen molar-refractivity contribution >= 4 is 11.6 Å². The second kappa shape index (κ2) is 11.5. The van der Waals surface area contributed by atoms with Crippen molar-refractivity contribution in [3.63, 3.8) is 0 Å². The van der Waals surface area contributed by atoms with E-state index in [1.807, 2.05) is 86.6 Å². The van der Waals surface area contributed by atoms with Crippen LogP contribution >= 0.6 is 0 Å². The number of hydrogen-bond acceptors (Lipinski definition) is 6. The van der Waals surface area contributed by atoms with Gasteiger partial charge in [0.2, 0.25) is 5.90 Å². The molecule has 0 saturated heterocycles. The quantitative estimate of drug-likeness (QED) is 0.229. The fraction of sp³-hybridized carbons (Fsp3) is 0.192. The zero-order chi connectivity index (χ0) is 22.8. The monoisotopic (exact) mass is 433 g/mol. The number of para-hydroxylation sites is 2. The molecule has 0 unspecified atom stereocenters. The van der Waals surface area contributed by atoms with Gasteiger partial charge in [0.15, 0.2) is 11.5 Å². The highest BCUT2D eigenvalue weighted by molar-refractivity contribution is 5.96. The number of benzene rings is 3. The Morgan fingerprint density at radius 1 is 0.812 bits per heavy atom. The average Bonchev–Trinajstić information content (AvgIpc) is 2.83.